The van der Waals surface area contributed by atoms with Crippen molar-refractivity contribution in [1.82, 2.24) is 9.80 Å². The van der Waals surface area contributed by atoms with Crippen LogP contribution in [0.5, 0.6) is 0 Å². The summed E-state index contributed by atoms with van der Waals surface area (Å²) in [5.74, 6) is -1.01. The Morgan fingerprint density at radius 1 is 0.952 bits per heavy atom. The Balaban J connectivity index is 2.00. The van der Waals surface area contributed by atoms with Gasteiger partial charge >= 0.3 is 5.97 Å². The predicted octanol–water partition coefficient (Wildman–Crippen LogP) is 1.94. The lowest BCUT2D eigenvalue weighted by Gasteiger charge is -2.42. The fraction of sp³-hybridized carbons (Fsp3) is 0.500. The molecule has 0 bridgehead atoms. The van der Waals surface area contributed by atoms with E-state index in [1.165, 1.54) is 12.1 Å². The van der Waals surface area contributed by atoms with E-state index in [0.717, 1.165) is 13.1 Å². The molecule has 0 atom stereocenters. The summed E-state index contributed by atoms with van der Waals surface area (Å²) in [6.07, 6.45) is 0. The SMILES string of the molecule is CC(C)(C)N1CCN(C(=O)c2ccc(C(=O)O)cc2)CC1. The average molecular weight is 290 g/mol. The van der Waals surface area contributed by atoms with Crippen molar-refractivity contribution in [2.45, 2.75) is 26.3 Å². The molecule has 1 aromatic rings. The van der Waals surface area contributed by atoms with E-state index in [1.807, 2.05) is 4.90 Å². The van der Waals surface area contributed by atoms with Crippen LogP contribution in [0.3, 0.4) is 0 Å². The van der Waals surface area contributed by atoms with Crippen molar-refractivity contribution in [3.8, 4) is 0 Å². The van der Waals surface area contributed by atoms with Crippen molar-refractivity contribution in [3.63, 3.8) is 0 Å². The Hall–Kier alpha value is -1.88. The van der Waals surface area contributed by atoms with Gasteiger partial charge in [-0.25, -0.2) is 4.79 Å². The van der Waals surface area contributed by atoms with Gasteiger partial charge in [-0.2, -0.15) is 0 Å². The van der Waals surface area contributed by atoms with E-state index in [2.05, 4.69) is 25.7 Å². The summed E-state index contributed by atoms with van der Waals surface area (Å²) in [6, 6.07) is 6.12. The lowest BCUT2D eigenvalue weighted by molar-refractivity contribution is 0.0451. The number of aromatic carboxylic acids is 1. The van der Waals surface area contributed by atoms with Crippen LogP contribution in [0.4, 0.5) is 0 Å². The first-order valence-corrected chi connectivity index (χ1v) is 7.17. The molecule has 0 saturated carbocycles. The summed E-state index contributed by atoms with van der Waals surface area (Å²) in [5.41, 5.74) is 0.867. The number of hydrogen-bond acceptors (Lipinski definition) is 3. The highest BCUT2D eigenvalue weighted by Crippen LogP contribution is 2.17. The van der Waals surface area contributed by atoms with E-state index in [1.54, 1.807) is 12.1 Å². The number of benzene rings is 1. The van der Waals surface area contributed by atoms with Crippen LogP contribution in [0.2, 0.25) is 0 Å². The largest absolute Gasteiger partial charge is 0.478 e. The maximum atomic E-state index is 12.4. The summed E-state index contributed by atoms with van der Waals surface area (Å²) in [6.45, 7) is 9.66. The minimum absolute atomic E-state index is 0.0273. The Labute approximate surface area is 125 Å². The molecule has 1 amide bonds. The van der Waals surface area contributed by atoms with Gasteiger partial charge in [-0.1, -0.05) is 0 Å². The first-order valence-electron chi connectivity index (χ1n) is 7.17. The molecule has 1 aliphatic rings. The molecule has 5 nitrogen and oxygen atoms in total. The van der Waals surface area contributed by atoms with Gasteiger partial charge in [0.25, 0.3) is 5.91 Å². The monoisotopic (exact) mass is 290 g/mol. The van der Waals surface area contributed by atoms with Crippen molar-refractivity contribution in [2.24, 2.45) is 0 Å². The van der Waals surface area contributed by atoms with Crippen LogP contribution in [0.25, 0.3) is 0 Å². The number of carbonyl (C=O) groups is 2. The zero-order valence-corrected chi connectivity index (χ0v) is 12.8. The maximum absolute atomic E-state index is 12.4. The second kappa shape index (κ2) is 5.85. The molecular formula is C16H22N2O3. The van der Waals surface area contributed by atoms with Gasteiger partial charge in [0.15, 0.2) is 0 Å². The second-order valence-electron chi connectivity index (χ2n) is 6.33. The molecule has 21 heavy (non-hydrogen) atoms. The Morgan fingerprint density at radius 2 is 1.43 bits per heavy atom. The third kappa shape index (κ3) is 3.61. The van der Waals surface area contributed by atoms with E-state index in [0.29, 0.717) is 18.7 Å². The van der Waals surface area contributed by atoms with Crippen LogP contribution in [-0.2, 0) is 0 Å². The molecule has 1 saturated heterocycles. The van der Waals surface area contributed by atoms with Crippen LogP contribution in [0.1, 0.15) is 41.5 Å². The number of piperazine rings is 1. The minimum atomic E-state index is -0.979. The van der Waals surface area contributed by atoms with Gasteiger partial charge in [0.1, 0.15) is 0 Å². The van der Waals surface area contributed by atoms with E-state index in [-0.39, 0.29) is 17.0 Å². The van der Waals surface area contributed by atoms with Gasteiger partial charge in [0.05, 0.1) is 5.56 Å². The molecule has 1 N–H and O–H groups in total. The van der Waals surface area contributed by atoms with Crippen LogP contribution >= 0.6 is 0 Å². The fourth-order valence-corrected chi connectivity index (χ4v) is 2.52. The van der Waals surface area contributed by atoms with Crippen molar-refractivity contribution < 1.29 is 14.7 Å². The molecule has 114 valence electrons. The Kier molecular flexibility index (Phi) is 4.32. The number of nitrogens with zero attached hydrogens (tertiary/aromatic N) is 2. The van der Waals surface area contributed by atoms with E-state index < -0.39 is 5.97 Å². The van der Waals surface area contributed by atoms with Gasteiger partial charge in [0, 0.05) is 37.3 Å². The van der Waals surface area contributed by atoms with E-state index in [9.17, 15) is 9.59 Å². The minimum Gasteiger partial charge on any atom is -0.478 e. The number of carboxylic acids is 1. The molecule has 1 aliphatic heterocycles. The standard InChI is InChI=1S/C16H22N2O3/c1-16(2,3)18-10-8-17(9-11-18)14(19)12-4-6-13(7-5-12)15(20)21/h4-7H,8-11H2,1-3H3,(H,20,21). The lowest BCUT2D eigenvalue weighted by Crippen LogP contribution is -2.54. The number of rotatable bonds is 2. The van der Waals surface area contributed by atoms with Gasteiger partial charge in [-0.3, -0.25) is 9.69 Å². The first kappa shape index (κ1) is 15.5. The second-order valence-corrected chi connectivity index (χ2v) is 6.33. The third-order valence-corrected chi connectivity index (χ3v) is 3.89. The van der Waals surface area contributed by atoms with Gasteiger partial charge in [-0.15, -0.1) is 0 Å². The molecular weight excluding hydrogens is 268 g/mol. The highest BCUT2D eigenvalue weighted by molar-refractivity contribution is 5.96. The predicted molar refractivity (Wildman–Crippen MR) is 80.6 cm³/mol. The molecule has 0 radical (unpaired) electrons. The van der Waals surface area contributed by atoms with Crippen LogP contribution < -0.4 is 0 Å². The summed E-state index contributed by atoms with van der Waals surface area (Å²) < 4.78 is 0. The molecule has 2 rings (SSSR count). The molecule has 1 fully saturated rings. The molecule has 1 heterocycles. The number of carboxylic acid groups (broad SMARTS) is 1. The average Bonchev–Trinajstić information content (AvgIpc) is 2.46. The van der Waals surface area contributed by atoms with E-state index in [4.69, 9.17) is 5.11 Å². The quantitative estimate of drug-likeness (QED) is 0.904. The summed E-state index contributed by atoms with van der Waals surface area (Å²) >= 11 is 0. The van der Waals surface area contributed by atoms with Crippen molar-refractivity contribution in [3.05, 3.63) is 35.4 Å². The molecule has 1 aromatic carbocycles. The number of hydrogen-bond donors (Lipinski definition) is 1. The Morgan fingerprint density at radius 3 is 1.86 bits per heavy atom. The van der Waals surface area contributed by atoms with Crippen LogP contribution in [0.15, 0.2) is 24.3 Å². The van der Waals surface area contributed by atoms with Crippen molar-refractivity contribution in [1.29, 1.82) is 0 Å². The van der Waals surface area contributed by atoms with Crippen molar-refractivity contribution >= 4 is 11.9 Å². The highest BCUT2D eigenvalue weighted by atomic mass is 16.4. The summed E-state index contributed by atoms with van der Waals surface area (Å²) in [5, 5.41) is 8.87. The zero-order chi connectivity index (χ0) is 15.6. The zero-order valence-electron chi connectivity index (χ0n) is 12.8. The fourth-order valence-electron chi connectivity index (χ4n) is 2.52. The van der Waals surface area contributed by atoms with Crippen LogP contribution in [-0.4, -0.2) is 58.5 Å². The smallest absolute Gasteiger partial charge is 0.335 e. The van der Waals surface area contributed by atoms with Gasteiger partial charge < -0.3 is 10.0 Å². The number of carbonyl (C=O) groups excluding carboxylic acids is 1. The number of amides is 1. The van der Waals surface area contributed by atoms with Crippen molar-refractivity contribution in [2.75, 3.05) is 26.2 Å². The molecule has 5 heteroatoms. The lowest BCUT2D eigenvalue weighted by atomic mass is 10.0. The van der Waals surface area contributed by atoms with Crippen LogP contribution in [0, 0.1) is 0 Å². The molecule has 0 spiro atoms. The Bertz CT molecular complexity index is 523. The third-order valence-electron chi connectivity index (χ3n) is 3.89. The highest BCUT2D eigenvalue weighted by Gasteiger charge is 2.28. The molecule has 0 unspecified atom stereocenters. The maximum Gasteiger partial charge on any atom is 0.335 e. The van der Waals surface area contributed by atoms with E-state index >= 15 is 0 Å². The molecule has 0 aromatic heterocycles. The summed E-state index contributed by atoms with van der Waals surface area (Å²) in [4.78, 5) is 27.4. The normalized spacial score (nSPS) is 16.8. The van der Waals surface area contributed by atoms with Gasteiger partial charge in [0.2, 0.25) is 0 Å². The topological polar surface area (TPSA) is 60.9 Å². The summed E-state index contributed by atoms with van der Waals surface area (Å²) in [7, 11) is 0. The first-order chi connectivity index (χ1) is 9.79. The van der Waals surface area contributed by atoms with Gasteiger partial charge in [-0.05, 0) is 45.0 Å². The molecule has 0 aliphatic carbocycles.